The first-order valence-corrected chi connectivity index (χ1v) is 4.78. The predicted octanol–water partition coefficient (Wildman–Crippen LogP) is 2.30. The average molecular weight is 309 g/mol. The number of carbonyl (C=O) groups excluding carboxylic acids is 1. The van der Waals surface area contributed by atoms with Gasteiger partial charge in [0.1, 0.15) is 0 Å². The highest BCUT2D eigenvalue weighted by molar-refractivity contribution is 9.09. The number of ketones is 1. The van der Waals surface area contributed by atoms with Gasteiger partial charge in [0.2, 0.25) is 0 Å². The van der Waals surface area contributed by atoms with Crippen molar-refractivity contribution in [3.05, 3.63) is 35.4 Å². The van der Waals surface area contributed by atoms with Gasteiger partial charge in [-0.15, -0.1) is 17.0 Å². The minimum atomic E-state index is 0. The third-order valence-electron chi connectivity index (χ3n) is 1.63. The molecule has 2 nitrogen and oxygen atoms in total. The highest BCUT2D eigenvalue weighted by Gasteiger charge is 2.01. The lowest BCUT2D eigenvalue weighted by atomic mass is 10.1. The molecule has 2 N–H and O–H groups in total. The summed E-state index contributed by atoms with van der Waals surface area (Å²) in [6.45, 7) is 0.517. The third kappa shape index (κ3) is 3.58. The summed E-state index contributed by atoms with van der Waals surface area (Å²) in [6.07, 6.45) is 0. The van der Waals surface area contributed by atoms with Crippen molar-refractivity contribution in [2.75, 3.05) is 5.33 Å². The molecule has 4 heteroatoms. The molecule has 0 spiro atoms. The van der Waals surface area contributed by atoms with E-state index >= 15 is 0 Å². The number of carbonyl (C=O) groups is 1. The first kappa shape index (κ1) is 12.8. The van der Waals surface area contributed by atoms with Crippen LogP contribution in [0.1, 0.15) is 15.9 Å². The molecule has 1 rings (SSSR count). The van der Waals surface area contributed by atoms with E-state index in [1.807, 2.05) is 12.1 Å². The lowest BCUT2D eigenvalue weighted by Gasteiger charge is -1.98. The zero-order valence-electron chi connectivity index (χ0n) is 7.00. The number of Topliss-reactive ketones (excluding diaryl/α,β-unsaturated/α-hetero) is 1. The minimum Gasteiger partial charge on any atom is -0.326 e. The van der Waals surface area contributed by atoms with Gasteiger partial charge in [0.25, 0.3) is 0 Å². The maximum absolute atomic E-state index is 11.1. The largest absolute Gasteiger partial charge is 0.326 e. The van der Waals surface area contributed by atoms with Crippen molar-refractivity contribution in [1.82, 2.24) is 0 Å². The monoisotopic (exact) mass is 307 g/mol. The van der Waals surface area contributed by atoms with Crippen LogP contribution in [0.2, 0.25) is 0 Å². The van der Waals surface area contributed by atoms with E-state index in [0.717, 1.165) is 11.1 Å². The SMILES string of the molecule is Br.NCc1ccc(C(=O)CBr)cc1. The Kier molecular flexibility index (Phi) is 6.20. The Balaban J connectivity index is 0.00000144. The summed E-state index contributed by atoms with van der Waals surface area (Å²) in [5.41, 5.74) is 7.18. The molecule has 0 fully saturated rings. The Bertz CT molecular complexity index is 271. The summed E-state index contributed by atoms with van der Waals surface area (Å²) >= 11 is 3.11. The second-order valence-corrected chi connectivity index (χ2v) is 3.02. The lowest BCUT2D eigenvalue weighted by Crippen LogP contribution is -2.01. The predicted molar refractivity (Wildman–Crippen MR) is 62.8 cm³/mol. The average Bonchev–Trinajstić information content (AvgIpc) is 2.17. The highest BCUT2D eigenvalue weighted by atomic mass is 79.9. The summed E-state index contributed by atoms with van der Waals surface area (Å²) in [6, 6.07) is 7.34. The lowest BCUT2D eigenvalue weighted by molar-refractivity contribution is 0.102. The molecule has 0 saturated heterocycles. The first-order valence-electron chi connectivity index (χ1n) is 3.66. The van der Waals surface area contributed by atoms with Gasteiger partial charge in [-0.3, -0.25) is 4.79 Å². The number of halogens is 2. The van der Waals surface area contributed by atoms with Crippen LogP contribution in [0.5, 0.6) is 0 Å². The molecule has 1 aromatic rings. The molecule has 0 aromatic heterocycles. The highest BCUT2D eigenvalue weighted by Crippen LogP contribution is 2.05. The Morgan fingerprint density at radius 1 is 1.31 bits per heavy atom. The van der Waals surface area contributed by atoms with E-state index in [1.54, 1.807) is 12.1 Å². The Hall–Kier alpha value is -0.190. The molecule has 0 amide bonds. The van der Waals surface area contributed by atoms with E-state index in [-0.39, 0.29) is 22.8 Å². The second kappa shape index (κ2) is 6.29. The molecule has 0 unspecified atom stereocenters. The number of rotatable bonds is 3. The Labute approximate surface area is 96.4 Å². The summed E-state index contributed by atoms with van der Waals surface area (Å²) in [5.74, 6) is 0.0959. The van der Waals surface area contributed by atoms with Gasteiger partial charge in [0, 0.05) is 12.1 Å². The van der Waals surface area contributed by atoms with Crippen LogP contribution in [0, 0.1) is 0 Å². The molecule has 0 atom stereocenters. The van der Waals surface area contributed by atoms with Gasteiger partial charge in [-0.25, -0.2) is 0 Å². The molecule has 0 heterocycles. The molecule has 13 heavy (non-hydrogen) atoms. The molecular formula is C9H11Br2NO. The van der Waals surface area contributed by atoms with Crippen molar-refractivity contribution in [1.29, 1.82) is 0 Å². The van der Waals surface area contributed by atoms with E-state index in [4.69, 9.17) is 5.73 Å². The quantitative estimate of drug-likeness (QED) is 0.688. The van der Waals surface area contributed by atoms with E-state index in [1.165, 1.54) is 0 Å². The van der Waals surface area contributed by atoms with Crippen LogP contribution in [0.3, 0.4) is 0 Å². The van der Waals surface area contributed by atoms with Gasteiger partial charge in [-0.1, -0.05) is 40.2 Å². The zero-order chi connectivity index (χ0) is 8.97. The molecule has 0 aliphatic heterocycles. The number of nitrogens with two attached hydrogens (primary N) is 1. The molecule has 72 valence electrons. The summed E-state index contributed by atoms with van der Waals surface area (Å²) in [5, 5.41) is 0.370. The van der Waals surface area contributed by atoms with Crippen LogP contribution in [-0.4, -0.2) is 11.1 Å². The number of benzene rings is 1. The van der Waals surface area contributed by atoms with Gasteiger partial charge in [0.05, 0.1) is 5.33 Å². The zero-order valence-corrected chi connectivity index (χ0v) is 10.3. The van der Waals surface area contributed by atoms with Crippen molar-refractivity contribution in [2.24, 2.45) is 5.73 Å². The van der Waals surface area contributed by atoms with Crippen LogP contribution in [-0.2, 0) is 6.54 Å². The van der Waals surface area contributed by atoms with Crippen molar-refractivity contribution < 1.29 is 4.79 Å². The van der Waals surface area contributed by atoms with Crippen LogP contribution in [0.15, 0.2) is 24.3 Å². The van der Waals surface area contributed by atoms with Gasteiger partial charge >= 0.3 is 0 Å². The Morgan fingerprint density at radius 3 is 2.23 bits per heavy atom. The van der Waals surface area contributed by atoms with Crippen LogP contribution >= 0.6 is 32.9 Å². The maximum atomic E-state index is 11.1. The van der Waals surface area contributed by atoms with Crippen molar-refractivity contribution >= 4 is 38.7 Å². The molecule has 0 aliphatic carbocycles. The van der Waals surface area contributed by atoms with E-state index in [2.05, 4.69) is 15.9 Å². The first-order chi connectivity index (χ1) is 5.77. The fourth-order valence-corrected chi connectivity index (χ4v) is 1.23. The minimum absolute atomic E-state index is 0. The molecule has 0 aliphatic rings. The summed E-state index contributed by atoms with van der Waals surface area (Å²) in [7, 11) is 0. The number of hydrogen-bond donors (Lipinski definition) is 1. The molecule has 0 bridgehead atoms. The van der Waals surface area contributed by atoms with Crippen molar-refractivity contribution in [3.63, 3.8) is 0 Å². The van der Waals surface area contributed by atoms with Crippen LogP contribution in [0.4, 0.5) is 0 Å². The van der Waals surface area contributed by atoms with Gasteiger partial charge in [-0.05, 0) is 5.56 Å². The molecular weight excluding hydrogens is 298 g/mol. The standard InChI is InChI=1S/C9H10BrNO.BrH/c10-5-9(12)8-3-1-7(6-11)2-4-8;/h1-4H,5-6,11H2;1H. The van der Waals surface area contributed by atoms with Gasteiger partial charge < -0.3 is 5.73 Å². The van der Waals surface area contributed by atoms with Crippen molar-refractivity contribution in [3.8, 4) is 0 Å². The van der Waals surface area contributed by atoms with Gasteiger partial charge in [0.15, 0.2) is 5.78 Å². The molecule has 1 aromatic carbocycles. The van der Waals surface area contributed by atoms with E-state index < -0.39 is 0 Å². The number of hydrogen-bond acceptors (Lipinski definition) is 2. The summed E-state index contributed by atoms with van der Waals surface area (Å²) < 4.78 is 0. The second-order valence-electron chi connectivity index (χ2n) is 2.46. The fourth-order valence-electron chi connectivity index (χ4n) is 0.904. The van der Waals surface area contributed by atoms with Crippen molar-refractivity contribution in [2.45, 2.75) is 6.54 Å². The smallest absolute Gasteiger partial charge is 0.173 e. The topological polar surface area (TPSA) is 43.1 Å². The van der Waals surface area contributed by atoms with Crippen LogP contribution < -0.4 is 5.73 Å². The van der Waals surface area contributed by atoms with E-state index in [0.29, 0.717) is 11.9 Å². The molecule has 0 radical (unpaired) electrons. The molecule has 0 saturated carbocycles. The van der Waals surface area contributed by atoms with Crippen LogP contribution in [0.25, 0.3) is 0 Å². The van der Waals surface area contributed by atoms with E-state index in [9.17, 15) is 4.79 Å². The normalized spacial score (nSPS) is 9.08. The Morgan fingerprint density at radius 2 is 1.85 bits per heavy atom. The maximum Gasteiger partial charge on any atom is 0.173 e. The fraction of sp³-hybridized carbons (Fsp3) is 0.222. The summed E-state index contributed by atoms with van der Waals surface area (Å²) in [4.78, 5) is 11.1. The number of alkyl halides is 1. The van der Waals surface area contributed by atoms with Gasteiger partial charge in [-0.2, -0.15) is 0 Å². The third-order valence-corrected chi connectivity index (χ3v) is 2.14.